The summed E-state index contributed by atoms with van der Waals surface area (Å²) in [6, 6.07) is 10.8. The van der Waals surface area contributed by atoms with Crippen molar-refractivity contribution >= 4 is 34.6 Å². The fourth-order valence-electron chi connectivity index (χ4n) is 2.25. The molecule has 106 valence electrons. The number of amides is 1. The summed E-state index contributed by atoms with van der Waals surface area (Å²) in [5.41, 5.74) is 3.37. The molecule has 3 rings (SSSR count). The normalized spacial score (nSPS) is 15.0. The van der Waals surface area contributed by atoms with Crippen LogP contribution < -0.4 is 10.1 Å². The number of rotatable bonds is 2. The number of carbonyl (C=O) groups excluding carboxylic acids is 1. The van der Waals surface area contributed by atoms with Gasteiger partial charge < -0.3 is 10.1 Å². The maximum Gasteiger partial charge on any atom is 0.275 e. The summed E-state index contributed by atoms with van der Waals surface area (Å²) in [6.07, 6.45) is 0. The summed E-state index contributed by atoms with van der Waals surface area (Å²) < 4.78 is 5.10. The molecule has 21 heavy (non-hydrogen) atoms. The zero-order chi connectivity index (χ0) is 15.0. The molecular formula is C16H13ClN2O2. The Morgan fingerprint density at radius 3 is 2.52 bits per heavy atom. The molecule has 1 heterocycles. The van der Waals surface area contributed by atoms with E-state index >= 15 is 0 Å². The second kappa shape index (κ2) is 5.22. The summed E-state index contributed by atoms with van der Waals surface area (Å²) >= 11 is 6.22. The van der Waals surface area contributed by atoms with Crippen LogP contribution in [0.3, 0.4) is 0 Å². The van der Waals surface area contributed by atoms with Crippen molar-refractivity contribution in [1.29, 1.82) is 0 Å². The van der Waals surface area contributed by atoms with Crippen LogP contribution in [0.1, 0.15) is 11.1 Å². The number of benzene rings is 2. The van der Waals surface area contributed by atoms with Gasteiger partial charge in [0.05, 0.1) is 23.5 Å². The first kappa shape index (κ1) is 13.6. The largest absolute Gasteiger partial charge is 0.497 e. The zero-order valence-corrected chi connectivity index (χ0v) is 12.4. The molecule has 0 aromatic heterocycles. The van der Waals surface area contributed by atoms with Crippen molar-refractivity contribution in [3.05, 3.63) is 52.5 Å². The van der Waals surface area contributed by atoms with Crippen LogP contribution >= 0.6 is 11.6 Å². The van der Waals surface area contributed by atoms with Gasteiger partial charge in [0, 0.05) is 5.56 Å². The average Bonchev–Trinajstić information content (AvgIpc) is 2.82. The maximum absolute atomic E-state index is 12.1. The maximum atomic E-state index is 12.1. The Kier molecular flexibility index (Phi) is 3.39. The molecule has 1 amide bonds. The molecule has 1 N–H and O–H groups in total. The van der Waals surface area contributed by atoms with Crippen molar-refractivity contribution in [2.45, 2.75) is 6.92 Å². The van der Waals surface area contributed by atoms with Gasteiger partial charge in [-0.1, -0.05) is 17.7 Å². The molecule has 4 nitrogen and oxygen atoms in total. The second-order valence-corrected chi connectivity index (χ2v) is 5.13. The van der Waals surface area contributed by atoms with Crippen LogP contribution in [-0.2, 0) is 4.79 Å². The molecule has 0 bridgehead atoms. The highest BCUT2D eigenvalue weighted by Crippen LogP contribution is 2.34. The number of carbonyl (C=O) groups is 1. The number of aryl methyl sites for hydroxylation is 1. The number of ether oxygens (including phenoxy) is 1. The number of aliphatic imine (C=N–C) groups is 1. The zero-order valence-electron chi connectivity index (χ0n) is 11.6. The second-order valence-electron chi connectivity index (χ2n) is 4.73. The fraction of sp³-hybridized carbons (Fsp3) is 0.125. The van der Waals surface area contributed by atoms with E-state index in [2.05, 4.69) is 10.3 Å². The number of nitrogens with one attached hydrogen (secondary N) is 1. The molecule has 0 fully saturated rings. The number of methoxy groups -OCH3 is 1. The van der Waals surface area contributed by atoms with Gasteiger partial charge in [-0.2, -0.15) is 0 Å². The van der Waals surface area contributed by atoms with Crippen LogP contribution in [0.15, 0.2) is 41.4 Å². The van der Waals surface area contributed by atoms with Gasteiger partial charge in [0.2, 0.25) is 0 Å². The standard InChI is InChI=1S/C16H13ClN2O2/c1-9-3-8-12(17)13-14(9)19-16(20)15(13)18-10-4-6-11(21-2)7-5-10/h3-8H,1-2H3,(H,18,19,20). The van der Waals surface area contributed by atoms with Gasteiger partial charge in [-0.15, -0.1) is 0 Å². The van der Waals surface area contributed by atoms with Gasteiger partial charge >= 0.3 is 0 Å². The molecule has 5 heteroatoms. The number of anilines is 1. The highest BCUT2D eigenvalue weighted by atomic mass is 35.5. The third-order valence-electron chi connectivity index (χ3n) is 3.37. The lowest BCUT2D eigenvalue weighted by atomic mass is 10.1. The first-order chi connectivity index (χ1) is 10.1. The van der Waals surface area contributed by atoms with Gasteiger partial charge in [0.1, 0.15) is 11.5 Å². The van der Waals surface area contributed by atoms with Gasteiger partial charge in [-0.05, 0) is 42.8 Å². The van der Waals surface area contributed by atoms with E-state index in [9.17, 15) is 4.79 Å². The van der Waals surface area contributed by atoms with Crippen molar-refractivity contribution < 1.29 is 9.53 Å². The molecule has 0 unspecified atom stereocenters. The monoisotopic (exact) mass is 300 g/mol. The molecular weight excluding hydrogens is 288 g/mol. The molecule has 1 aliphatic heterocycles. The Morgan fingerprint density at radius 2 is 1.86 bits per heavy atom. The molecule has 2 aromatic carbocycles. The molecule has 2 aromatic rings. The quantitative estimate of drug-likeness (QED) is 0.918. The minimum absolute atomic E-state index is 0.239. The summed E-state index contributed by atoms with van der Waals surface area (Å²) in [5.74, 6) is 0.501. The van der Waals surface area contributed by atoms with Crippen molar-refractivity contribution in [1.82, 2.24) is 0 Å². The van der Waals surface area contributed by atoms with Crippen LogP contribution in [0.2, 0.25) is 5.02 Å². The summed E-state index contributed by atoms with van der Waals surface area (Å²) in [7, 11) is 1.60. The van der Waals surface area contributed by atoms with Crippen molar-refractivity contribution in [2.24, 2.45) is 4.99 Å². The SMILES string of the molecule is COc1ccc(N=C2C(=O)Nc3c(C)ccc(Cl)c32)cc1. The predicted octanol–water partition coefficient (Wildman–Crippen LogP) is 3.73. The Labute approximate surface area is 127 Å². The molecule has 0 saturated heterocycles. The average molecular weight is 301 g/mol. The molecule has 1 aliphatic rings. The van der Waals surface area contributed by atoms with Crippen LogP contribution in [0, 0.1) is 6.92 Å². The lowest BCUT2D eigenvalue weighted by molar-refractivity contribution is -0.110. The highest BCUT2D eigenvalue weighted by molar-refractivity contribution is 6.57. The third-order valence-corrected chi connectivity index (χ3v) is 3.68. The van der Waals surface area contributed by atoms with Crippen LogP contribution in [0.5, 0.6) is 5.75 Å². The summed E-state index contributed by atoms with van der Waals surface area (Å²) in [4.78, 5) is 16.6. The van der Waals surface area contributed by atoms with E-state index < -0.39 is 0 Å². The lowest BCUT2D eigenvalue weighted by Gasteiger charge is -2.04. The fourth-order valence-corrected chi connectivity index (χ4v) is 2.50. The van der Waals surface area contributed by atoms with E-state index in [1.807, 2.05) is 13.0 Å². The number of halogens is 1. The van der Waals surface area contributed by atoms with Crippen molar-refractivity contribution in [3.8, 4) is 5.75 Å². The molecule has 0 spiro atoms. The summed E-state index contributed by atoms with van der Waals surface area (Å²) in [5, 5.41) is 3.34. The molecule has 0 atom stereocenters. The third kappa shape index (κ3) is 2.38. The van der Waals surface area contributed by atoms with E-state index in [0.717, 1.165) is 17.0 Å². The van der Waals surface area contributed by atoms with Gasteiger partial charge in [-0.25, -0.2) is 4.99 Å². The van der Waals surface area contributed by atoms with Crippen LogP contribution in [0.4, 0.5) is 11.4 Å². The van der Waals surface area contributed by atoms with E-state index in [0.29, 0.717) is 22.0 Å². The van der Waals surface area contributed by atoms with E-state index in [1.54, 1.807) is 37.4 Å². The Hall–Kier alpha value is -2.33. The Balaban J connectivity index is 2.09. The first-order valence-corrected chi connectivity index (χ1v) is 6.81. The number of fused-ring (bicyclic) bond motifs is 1. The molecule has 0 aliphatic carbocycles. The Bertz CT molecular complexity index is 752. The van der Waals surface area contributed by atoms with Gasteiger partial charge in [0.25, 0.3) is 5.91 Å². The smallest absolute Gasteiger partial charge is 0.275 e. The van der Waals surface area contributed by atoms with E-state index in [4.69, 9.17) is 16.3 Å². The molecule has 0 saturated carbocycles. The van der Waals surface area contributed by atoms with E-state index in [1.165, 1.54) is 0 Å². The van der Waals surface area contributed by atoms with Crippen LogP contribution in [-0.4, -0.2) is 18.7 Å². The minimum Gasteiger partial charge on any atom is -0.497 e. The first-order valence-electron chi connectivity index (χ1n) is 6.43. The van der Waals surface area contributed by atoms with Crippen LogP contribution in [0.25, 0.3) is 0 Å². The topological polar surface area (TPSA) is 50.7 Å². The number of hydrogen-bond donors (Lipinski definition) is 1. The summed E-state index contributed by atoms with van der Waals surface area (Å²) in [6.45, 7) is 1.92. The lowest BCUT2D eigenvalue weighted by Crippen LogP contribution is -2.14. The minimum atomic E-state index is -0.239. The van der Waals surface area contributed by atoms with Crippen molar-refractivity contribution in [3.63, 3.8) is 0 Å². The number of nitrogens with zero attached hydrogens (tertiary/aromatic N) is 1. The van der Waals surface area contributed by atoms with Crippen molar-refractivity contribution in [2.75, 3.05) is 12.4 Å². The van der Waals surface area contributed by atoms with Gasteiger partial charge in [-0.3, -0.25) is 4.79 Å². The highest BCUT2D eigenvalue weighted by Gasteiger charge is 2.29. The Morgan fingerprint density at radius 1 is 1.14 bits per heavy atom. The number of hydrogen-bond acceptors (Lipinski definition) is 3. The van der Waals surface area contributed by atoms with E-state index in [-0.39, 0.29) is 5.91 Å². The molecule has 0 radical (unpaired) electrons. The predicted molar refractivity (Wildman–Crippen MR) is 84.0 cm³/mol. The van der Waals surface area contributed by atoms with Gasteiger partial charge in [0.15, 0.2) is 0 Å².